The van der Waals surface area contributed by atoms with E-state index in [1.165, 1.54) is 0 Å². The summed E-state index contributed by atoms with van der Waals surface area (Å²) in [4.78, 5) is 16.5. The van der Waals surface area contributed by atoms with Gasteiger partial charge in [-0.05, 0) is 36.0 Å². The molecule has 0 aliphatic carbocycles. The van der Waals surface area contributed by atoms with Crippen LogP contribution in [0.25, 0.3) is 0 Å². The quantitative estimate of drug-likeness (QED) is 0.652. The molecule has 1 aromatic carbocycles. The fourth-order valence-electron chi connectivity index (χ4n) is 2.66. The summed E-state index contributed by atoms with van der Waals surface area (Å²) in [6.45, 7) is 3.95. The molecule has 146 valence electrons. The van der Waals surface area contributed by atoms with Crippen molar-refractivity contribution in [3.05, 3.63) is 66.0 Å². The standard InChI is InChI=1S/C20H27N3O3S/c1-16(2)19(20(24)22-15-18-10-6-12-21-14-18)23-27(25,26)13-7-11-17-8-4-3-5-9-17/h3-6,8-10,12,14,16,19,23H,7,11,13,15H2,1-2H3,(H,22,24)/t19-/m0/s1. The molecule has 0 radical (unpaired) electrons. The van der Waals surface area contributed by atoms with Gasteiger partial charge >= 0.3 is 0 Å². The first-order chi connectivity index (χ1) is 12.9. The van der Waals surface area contributed by atoms with E-state index in [1.54, 1.807) is 18.5 Å². The normalized spacial score (nSPS) is 12.7. The second-order valence-corrected chi connectivity index (χ2v) is 8.70. The molecule has 2 N–H and O–H groups in total. The van der Waals surface area contributed by atoms with Crippen LogP contribution in [0, 0.1) is 5.92 Å². The van der Waals surface area contributed by atoms with Crippen molar-refractivity contribution in [2.24, 2.45) is 5.92 Å². The van der Waals surface area contributed by atoms with E-state index >= 15 is 0 Å². The molecule has 7 heteroatoms. The van der Waals surface area contributed by atoms with Gasteiger partial charge in [-0.3, -0.25) is 9.78 Å². The number of carbonyl (C=O) groups excluding carboxylic acids is 1. The zero-order chi connectivity index (χ0) is 19.7. The highest BCUT2D eigenvalue weighted by Crippen LogP contribution is 2.08. The molecule has 6 nitrogen and oxygen atoms in total. The van der Waals surface area contributed by atoms with Crippen molar-refractivity contribution in [2.75, 3.05) is 5.75 Å². The summed E-state index contributed by atoms with van der Waals surface area (Å²) in [7, 11) is -3.55. The smallest absolute Gasteiger partial charge is 0.238 e. The van der Waals surface area contributed by atoms with Crippen LogP contribution in [0.4, 0.5) is 0 Å². The molecule has 0 aliphatic heterocycles. The lowest BCUT2D eigenvalue weighted by molar-refractivity contribution is -0.123. The Morgan fingerprint density at radius 2 is 1.78 bits per heavy atom. The Kier molecular flexibility index (Phi) is 7.94. The molecule has 27 heavy (non-hydrogen) atoms. The van der Waals surface area contributed by atoms with Crippen LogP contribution in [-0.4, -0.2) is 31.1 Å². The summed E-state index contributed by atoms with van der Waals surface area (Å²) in [6.07, 6.45) is 4.51. The van der Waals surface area contributed by atoms with Crippen molar-refractivity contribution in [1.29, 1.82) is 0 Å². The third-order valence-corrected chi connectivity index (χ3v) is 5.61. The molecule has 2 aromatic rings. The maximum atomic E-state index is 12.5. The number of sulfonamides is 1. The van der Waals surface area contributed by atoms with Crippen molar-refractivity contribution in [3.8, 4) is 0 Å². The van der Waals surface area contributed by atoms with Crippen molar-refractivity contribution in [2.45, 2.75) is 39.3 Å². The van der Waals surface area contributed by atoms with Crippen molar-refractivity contribution >= 4 is 15.9 Å². The predicted molar refractivity (Wildman–Crippen MR) is 106 cm³/mol. The van der Waals surface area contributed by atoms with Crippen LogP contribution in [0.2, 0.25) is 0 Å². The first kappa shape index (κ1) is 21.1. The Bertz CT molecular complexity index is 809. The minimum absolute atomic E-state index is 0.0129. The highest BCUT2D eigenvalue weighted by molar-refractivity contribution is 7.89. The average Bonchev–Trinajstić information content (AvgIpc) is 2.65. The largest absolute Gasteiger partial charge is 0.351 e. The van der Waals surface area contributed by atoms with E-state index in [0.29, 0.717) is 19.4 Å². The van der Waals surface area contributed by atoms with Gasteiger partial charge in [0.25, 0.3) is 0 Å². The van der Waals surface area contributed by atoms with Gasteiger partial charge in [0.05, 0.1) is 5.75 Å². The van der Waals surface area contributed by atoms with Gasteiger partial charge in [0.2, 0.25) is 15.9 Å². The summed E-state index contributed by atoms with van der Waals surface area (Å²) in [5, 5.41) is 2.78. The molecule has 0 saturated carbocycles. The molecule has 0 fully saturated rings. The topological polar surface area (TPSA) is 88.2 Å². The Hall–Kier alpha value is -2.25. The van der Waals surface area contributed by atoms with E-state index in [1.807, 2.05) is 50.2 Å². The van der Waals surface area contributed by atoms with Gasteiger partial charge in [-0.15, -0.1) is 0 Å². The van der Waals surface area contributed by atoms with Crippen molar-refractivity contribution < 1.29 is 13.2 Å². The molecule has 2 rings (SSSR count). The predicted octanol–water partition coefficient (Wildman–Crippen LogP) is 2.27. The number of nitrogens with one attached hydrogen (secondary N) is 2. The number of hydrogen-bond acceptors (Lipinski definition) is 4. The molecule has 1 aromatic heterocycles. The minimum atomic E-state index is -3.55. The van der Waals surface area contributed by atoms with Crippen LogP contribution < -0.4 is 10.0 Å². The van der Waals surface area contributed by atoms with Gasteiger partial charge in [0.15, 0.2) is 0 Å². The number of carbonyl (C=O) groups is 1. The summed E-state index contributed by atoms with van der Waals surface area (Å²) in [5.41, 5.74) is 1.96. The molecule has 1 heterocycles. The van der Waals surface area contributed by atoms with Crippen LogP contribution in [0.1, 0.15) is 31.4 Å². The SMILES string of the molecule is CC(C)[C@H](NS(=O)(=O)CCCc1ccccc1)C(=O)NCc1cccnc1. The van der Waals surface area contributed by atoms with E-state index in [4.69, 9.17) is 0 Å². The third kappa shape index (κ3) is 7.48. The van der Waals surface area contributed by atoms with Crippen LogP contribution in [0.3, 0.4) is 0 Å². The molecular formula is C20H27N3O3S. The number of aryl methyl sites for hydroxylation is 1. The summed E-state index contributed by atoms with van der Waals surface area (Å²) < 4.78 is 27.4. The number of aromatic nitrogens is 1. The second-order valence-electron chi connectivity index (χ2n) is 6.83. The summed E-state index contributed by atoms with van der Waals surface area (Å²) in [6, 6.07) is 12.6. The molecule has 0 aliphatic rings. The molecule has 0 unspecified atom stereocenters. The Morgan fingerprint density at radius 3 is 2.41 bits per heavy atom. The molecular weight excluding hydrogens is 362 g/mol. The van der Waals surface area contributed by atoms with Crippen molar-refractivity contribution in [1.82, 2.24) is 15.0 Å². The van der Waals surface area contributed by atoms with Gasteiger partial charge in [-0.2, -0.15) is 0 Å². The number of hydrogen-bond donors (Lipinski definition) is 2. The number of nitrogens with zero attached hydrogens (tertiary/aromatic N) is 1. The Morgan fingerprint density at radius 1 is 1.07 bits per heavy atom. The van der Waals surface area contributed by atoms with E-state index in [9.17, 15) is 13.2 Å². The maximum Gasteiger partial charge on any atom is 0.238 e. The van der Waals surface area contributed by atoms with Gasteiger partial charge in [0, 0.05) is 18.9 Å². The van der Waals surface area contributed by atoms with Gasteiger partial charge in [-0.1, -0.05) is 50.2 Å². The van der Waals surface area contributed by atoms with E-state index in [0.717, 1.165) is 11.1 Å². The zero-order valence-corrected chi connectivity index (χ0v) is 16.6. The van der Waals surface area contributed by atoms with Crippen molar-refractivity contribution in [3.63, 3.8) is 0 Å². The molecule has 0 saturated heterocycles. The zero-order valence-electron chi connectivity index (χ0n) is 15.8. The van der Waals surface area contributed by atoms with Gasteiger partial charge in [-0.25, -0.2) is 13.1 Å². The highest BCUT2D eigenvalue weighted by Gasteiger charge is 2.26. The molecule has 0 bridgehead atoms. The first-order valence-corrected chi connectivity index (χ1v) is 10.7. The maximum absolute atomic E-state index is 12.5. The van der Waals surface area contributed by atoms with Crippen LogP contribution in [-0.2, 0) is 27.8 Å². The minimum Gasteiger partial charge on any atom is -0.351 e. The second kappa shape index (κ2) is 10.2. The monoisotopic (exact) mass is 389 g/mol. The average molecular weight is 390 g/mol. The number of amides is 1. The molecule has 1 amide bonds. The summed E-state index contributed by atoms with van der Waals surface area (Å²) in [5.74, 6) is -0.510. The van der Waals surface area contributed by atoms with Crippen LogP contribution in [0.15, 0.2) is 54.9 Å². The molecule has 0 spiro atoms. The van der Waals surface area contributed by atoms with Crippen LogP contribution in [0.5, 0.6) is 0 Å². The number of rotatable bonds is 10. The lowest BCUT2D eigenvalue weighted by Crippen LogP contribution is -2.50. The van der Waals surface area contributed by atoms with E-state index < -0.39 is 16.1 Å². The number of pyridine rings is 1. The van der Waals surface area contributed by atoms with Crippen LogP contribution >= 0.6 is 0 Å². The third-order valence-electron chi connectivity index (χ3n) is 4.17. The fraction of sp³-hybridized carbons (Fsp3) is 0.400. The lowest BCUT2D eigenvalue weighted by atomic mass is 10.0. The fourth-order valence-corrected chi connectivity index (χ4v) is 4.07. The molecule has 1 atom stereocenters. The highest BCUT2D eigenvalue weighted by atomic mass is 32.2. The lowest BCUT2D eigenvalue weighted by Gasteiger charge is -2.21. The van der Waals surface area contributed by atoms with Gasteiger partial charge < -0.3 is 5.32 Å². The Labute approximate surface area is 161 Å². The van der Waals surface area contributed by atoms with Gasteiger partial charge in [0.1, 0.15) is 6.04 Å². The van der Waals surface area contributed by atoms with E-state index in [2.05, 4.69) is 15.0 Å². The number of benzene rings is 1. The van der Waals surface area contributed by atoms with E-state index in [-0.39, 0.29) is 17.6 Å². The first-order valence-electron chi connectivity index (χ1n) is 9.08. The Balaban J connectivity index is 1.88. The summed E-state index contributed by atoms with van der Waals surface area (Å²) >= 11 is 0.